The number of thioether (sulfide) groups is 1. The van der Waals surface area contributed by atoms with Crippen molar-refractivity contribution in [2.45, 2.75) is 30.6 Å². The minimum Gasteiger partial charge on any atom is -0.480 e. The Bertz CT molecular complexity index is 448. The molecule has 0 aliphatic heterocycles. The molecule has 5 nitrogen and oxygen atoms in total. The summed E-state index contributed by atoms with van der Waals surface area (Å²) in [5.41, 5.74) is 0.909. The van der Waals surface area contributed by atoms with Gasteiger partial charge in [-0.25, -0.2) is 4.79 Å². The first-order valence-corrected chi connectivity index (χ1v) is 6.74. The maximum Gasteiger partial charge on any atom is 0.407 e. The molecule has 0 saturated heterocycles. The van der Waals surface area contributed by atoms with E-state index in [1.54, 1.807) is 11.8 Å². The van der Waals surface area contributed by atoms with E-state index in [2.05, 4.69) is 19.2 Å². The van der Waals surface area contributed by atoms with Crippen molar-refractivity contribution in [3.8, 4) is 0 Å². The molecule has 0 aliphatic rings. The van der Waals surface area contributed by atoms with Gasteiger partial charge in [0.25, 0.3) is 0 Å². The van der Waals surface area contributed by atoms with Gasteiger partial charge in [-0.05, 0) is 6.07 Å². The van der Waals surface area contributed by atoms with E-state index in [1.165, 1.54) is 0 Å². The van der Waals surface area contributed by atoms with Crippen molar-refractivity contribution in [3.63, 3.8) is 0 Å². The van der Waals surface area contributed by atoms with Gasteiger partial charge in [0, 0.05) is 15.7 Å². The lowest BCUT2D eigenvalue weighted by atomic mass is 10.2. The van der Waals surface area contributed by atoms with Gasteiger partial charge in [-0.1, -0.05) is 32.0 Å². The summed E-state index contributed by atoms with van der Waals surface area (Å²) < 4.78 is 4.97. The topological polar surface area (TPSA) is 75.6 Å². The van der Waals surface area contributed by atoms with Crippen molar-refractivity contribution in [2.75, 3.05) is 6.54 Å². The van der Waals surface area contributed by atoms with Crippen LogP contribution in [0.5, 0.6) is 0 Å². The summed E-state index contributed by atoms with van der Waals surface area (Å²) >= 11 is 1.69. The van der Waals surface area contributed by atoms with Crippen LogP contribution in [0.4, 0.5) is 4.79 Å². The number of carboxylic acids is 1. The lowest BCUT2D eigenvalue weighted by Gasteiger charge is -2.11. The van der Waals surface area contributed by atoms with Crippen molar-refractivity contribution < 1.29 is 19.4 Å². The van der Waals surface area contributed by atoms with Crippen molar-refractivity contribution in [2.24, 2.45) is 0 Å². The third-order valence-electron chi connectivity index (χ3n) is 2.08. The first-order chi connectivity index (χ1) is 8.99. The molecule has 104 valence electrons. The maximum absolute atomic E-state index is 11.3. The molecule has 0 unspecified atom stereocenters. The first kappa shape index (κ1) is 15.4. The summed E-state index contributed by atoms with van der Waals surface area (Å²) in [6, 6.07) is 7.66. The van der Waals surface area contributed by atoms with Crippen molar-refractivity contribution in [1.29, 1.82) is 0 Å². The van der Waals surface area contributed by atoms with Crippen molar-refractivity contribution in [3.05, 3.63) is 29.8 Å². The van der Waals surface area contributed by atoms with Crippen molar-refractivity contribution in [1.82, 2.24) is 5.32 Å². The Morgan fingerprint density at radius 2 is 2.05 bits per heavy atom. The zero-order valence-corrected chi connectivity index (χ0v) is 11.7. The molecule has 0 aliphatic carbocycles. The van der Waals surface area contributed by atoms with E-state index < -0.39 is 18.6 Å². The predicted octanol–water partition coefficient (Wildman–Crippen LogP) is 2.50. The second-order valence-electron chi connectivity index (χ2n) is 4.10. The van der Waals surface area contributed by atoms with Crippen LogP contribution in [0.2, 0.25) is 0 Å². The zero-order valence-electron chi connectivity index (χ0n) is 10.9. The fourth-order valence-electron chi connectivity index (χ4n) is 1.33. The molecule has 0 atom stereocenters. The second kappa shape index (κ2) is 7.68. The fraction of sp³-hybridized carbons (Fsp3) is 0.385. The highest BCUT2D eigenvalue weighted by molar-refractivity contribution is 8.00. The van der Waals surface area contributed by atoms with Crippen LogP contribution in [-0.2, 0) is 16.1 Å². The Hall–Kier alpha value is -1.69. The van der Waals surface area contributed by atoms with E-state index in [4.69, 9.17) is 9.84 Å². The number of carboxylic acid groups (broad SMARTS) is 1. The van der Waals surface area contributed by atoms with Crippen LogP contribution in [0.1, 0.15) is 19.4 Å². The van der Waals surface area contributed by atoms with Gasteiger partial charge in [0.1, 0.15) is 13.2 Å². The molecule has 0 fully saturated rings. The molecule has 1 aromatic rings. The molecule has 1 aromatic carbocycles. The van der Waals surface area contributed by atoms with Gasteiger partial charge < -0.3 is 15.2 Å². The van der Waals surface area contributed by atoms with E-state index >= 15 is 0 Å². The minimum atomic E-state index is -1.10. The molecule has 6 heteroatoms. The first-order valence-electron chi connectivity index (χ1n) is 5.86. The van der Waals surface area contributed by atoms with Gasteiger partial charge in [-0.2, -0.15) is 0 Å². The van der Waals surface area contributed by atoms with Gasteiger partial charge in [0.05, 0.1) is 0 Å². The number of ether oxygens (including phenoxy) is 1. The zero-order chi connectivity index (χ0) is 14.3. The number of carbonyl (C=O) groups is 2. The van der Waals surface area contributed by atoms with E-state index in [1.807, 2.05) is 24.3 Å². The molecule has 19 heavy (non-hydrogen) atoms. The smallest absolute Gasteiger partial charge is 0.407 e. The summed E-state index contributed by atoms with van der Waals surface area (Å²) in [4.78, 5) is 22.6. The number of alkyl carbamates (subject to hydrolysis) is 1. The van der Waals surface area contributed by atoms with Crippen LogP contribution in [0.15, 0.2) is 29.2 Å². The average Bonchev–Trinajstić information content (AvgIpc) is 2.34. The van der Waals surface area contributed by atoms with E-state index in [-0.39, 0.29) is 6.61 Å². The molecule has 0 aromatic heterocycles. The lowest BCUT2D eigenvalue weighted by Crippen LogP contribution is -2.29. The number of hydrogen-bond acceptors (Lipinski definition) is 4. The monoisotopic (exact) mass is 283 g/mol. The van der Waals surface area contributed by atoms with Gasteiger partial charge in [0.2, 0.25) is 0 Å². The average molecular weight is 283 g/mol. The molecule has 1 amide bonds. The Kier molecular flexibility index (Phi) is 6.21. The van der Waals surface area contributed by atoms with Gasteiger partial charge in [-0.3, -0.25) is 4.79 Å². The van der Waals surface area contributed by atoms with Crippen LogP contribution in [0, 0.1) is 0 Å². The van der Waals surface area contributed by atoms with Gasteiger partial charge in [0.15, 0.2) is 0 Å². The van der Waals surface area contributed by atoms with Crippen LogP contribution < -0.4 is 5.32 Å². The van der Waals surface area contributed by atoms with E-state index in [9.17, 15) is 9.59 Å². The Morgan fingerprint density at radius 3 is 2.68 bits per heavy atom. The normalized spacial score (nSPS) is 10.3. The molecule has 0 heterocycles. The molecule has 0 saturated carbocycles. The fourth-order valence-corrected chi connectivity index (χ4v) is 2.28. The lowest BCUT2D eigenvalue weighted by molar-refractivity contribution is -0.135. The van der Waals surface area contributed by atoms with Crippen molar-refractivity contribution >= 4 is 23.8 Å². The molecule has 1 rings (SSSR count). The minimum absolute atomic E-state index is 0.126. The van der Waals surface area contributed by atoms with E-state index in [0.717, 1.165) is 10.5 Å². The largest absolute Gasteiger partial charge is 0.480 e. The Labute approximate surface area is 116 Å². The van der Waals surface area contributed by atoms with Crippen LogP contribution >= 0.6 is 11.8 Å². The Morgan fingerprint density at radius 1 is 1.37 bits per heavy atom. The molecule has 2 N–H and O–H groups in total. The number of hydrogen-bond donors (Lipinski definition) is 2. The summed E-state index contributed by atoms with van der Waals surface area (Å²) in [6.45, 7) is 3.85. The molecule has 0 radical (unpaired) electrons. The van der Waals surface area contributed by atoms with Gasteiger partial charge in [-0.15, -0.1) is 11.8 Å². The third-order valence-corrected chi connectivity index (χ3v) is 3.20. The highest BCUT2D eigenvalue weighted by atomic mass is 32.2. The number of benzene rings is 1. The van der Waals surface area contributed by atoms with Crippen LogP contribution in [-0.4, -0.2) is 29.0 Å². The second-order valence-corrected chi connectivity index (χ2v) is 5.72. The highest BCUT2D eigenvalue weighted by Gasteiger charge is 2.08. The molecular formula is C13H17NO4S. The SMILES string of the molecule is CC(C)Sc1ccccc1COC(=O)NCC(=O)O. The Balaban J connectivity index is 2.52. The van der Waals surface area contributed by atoms with E-state index in [0.29, 0.717) is 5.25 Å². The van der Waals surface area contributed by atoms with Crippen LogP contribution in [0.3, 0.4) is 0 Å². The predicted molar refractivity (Wildman–Crippen MR) is 73.3 cm³/mol. The molecule has 0 spiro atoms. The summed E-state index contributed by atoms with van der Waals surface area (Å²) in [7, 11) is 0. The number of nitrogens with one attached hydrogen (secondary N) is 1. The van der Waals surface area contributed by atoms with Gasteiger partial charge >= 0.3 is 12.1 Å². The summed E-state index contributed by atoms with van der Waals surface area (Å²) in [5.74, 6) is -1.10. The summed E-state index contributed by atoms with van der Waals surface area (Å²) in [6.07, 6.45) is -0.730. The third kappa shape index (κ3) is 6.15. The summed E-state index contributed by atoms with van der Waals surface area (Å²) in [5, 5.41) is 11.0. The molecular weight excluding hydrogens is 266 g/mol. The molecule has 0 bridgehead atoms. The number of rotatable bonds is 6. The van der Waals surface area contributed by atoms with Crippen LogP contribution in [0.25, 0.3) is 0 Å². The highest BCUT2D eigenvalue weighted by Crippen LogP contribution is 2.26. The maximum atomic E-state index is 11.3. The number of amides is 1. The standard InChI is InChI=1S/C13H17NO4S/c1-9(2)19-11-6-4-3-5-10(11)8-18-13(17)14-7-12(15)16/h3-6,9H,7-8H2,1-2H3,(H,14,17)(H,15,16). The number of aliphatic carboxylic acids is 1. The quantitative estimate of drug-likeness (QED) is 0.784. The number of carbonyl (C=O) groups excluding carboxylic acids is 1.